The fraction of sp³-hybridized carbons (Fsp3) is 0.133. The number of anilines is 1. The van der Waals surface area contributed by atoms with E-state index in [-0.39, 0.29) is 17.0 Å². The Balaban J connectivity index is 1.46. The zero-order chi connectivity index (χ0) is 15.8. The standard InChI is InChI=1S/C15H13N5O2S/c1-9-17-18-15-20(9)19-14(23-15)10-4-6-11(7-5-10)16-13(21)12-3-2-8-22-12/h2-8,14,19H,1H3,(H,16,21)/t14-/m1/s1. The van der Waals surface area contributed by atoms with Gasteiger partial charge >= 0.3 is 0 Å². The highest BCUT2D eigenvalue weighted by Crippen LogP contribution is 2.38. The van der Waals surface area contributed by atoms with E-state index in [1.54, 1.807) is 23.9 Å². The first kappa shape index (κ1) is 13.9. The maximum Gasteiger partial charge on any atom is 0.291 e. The summed E-state index contributed by atoms with van der Waals surface area (Å²) in [5.41, 5.74) is 5.14. The normalized spacial score (nSPS) is 16.0. The number of aromatic nitrogens is 3. The molecule has 0 radical (unpaired) electrons. The molecule has 8 heteroatoms. The van der Waals surface area contributed by atoms with Crippen LogP contribution in [0.15, 0.2) is 52.2 Å². The van der Waals surface area contributed by atoms with Crippen molar-refractivity contribution < 1.29 is 9.21 Å². The molecule has 1 aliphatic heterocycles. The van der Waals surface area contributed by atoms with Crippen LogP contribution in [0.1, 0.15) is 27.3 Å². The lowest BCUT2D eigenvalue weighted by Crippen LogP contribution is -2.14. The zero-order valence-corrected chi connectivity index (χ0v) is 13.0. The molecule has 2 aromatic heterocycles. The Hall–Kier alpha value is -2.74. The summed E-state index contributed by atoms with van der Waals surface area (Å²) in [6.45, 7) is 1.90. The van der Waals surface area contributed by atoms with Crippen LogP contribution in [0.25, 0.3) is 0 Å². The molecule has 0 bridgehead atoms. The first-order valence-electron chi connectivity index (χ1n) is 7.01. The van der Waals surface area contributed by atoms with Gasteiger partial charge in [0.25, 0.3) is 5.91 Å². The summed E-state index contributed by atoms with van der Waals surface area (Å²) >= 11 is 1.60. The summed E-state index contributed by atoms with van der Waals surface area (Å²) in [6.07, 6.45) is 1.47. The van der Waals surface area contributed by atoms with Crippen molar-refractivity contribution in [1.82, 2.24) is 14.9 Å². The van der Waals surface area contributed by atoms with Crippen LogP contribution in [-0.2, 0) is 0 Å². The van der Waals surface area contributed by atoms with Crippen LogP contribution in [0.3, 0.4) is 0 Å². The van der Waals surface area contributed by atoms with Crippen LogP contribution in [0.2, 0.25) is 0 Å². The lowest BCUT2D eigenvalue weighted by Gasteiger charge is -2.12. The van der Waals surface area contributed by atoms with Crippen LogP contribution >= 0.6 is 11.8 Å². The van der Waals surface area contributed by atoms with Gasteiger partial charge in [0.15, 0.2) is 5.76 Å². The molecule has 0 spiro atoms. The SMILES string of the molecule is Cc1nnc2n1N[C@@H](c1ccc(NC(=O)c3ccco3)cc1)S2. The maximum absolute atomic E-state index is 11.9. The van der Waals surface area contributed by atoms with E-state index in [1.807, 2.05) is 35.9 Å². The van der Waals surface area contributed by atoms with Crippen molar-refractivity contribution >= 4 is 23.4 Å². The molecule has 0 aliphatic carbocycles. The molecule has 7 nitrogen and oxygen atoms in total. The Morgan fingerprint density at radius 3 is 2.83 bits per heavy atom. The Morgan fingerprint density at radius 1 is 1.30 bits per heavy atom. The third-order valence-corrected chi connectivity index (χ3v) is 4.57. The fourth-order valence-electron chi connectivity index (χ4n) is 2.30. The van der Waals surface area contributed by atoms with Crippen LogP contribution in [0.4, 0.5) is 5.69 Å². The second-order valence-electron chi connectivity index (χ2n) is 5.05. The minimum Gasteiger partial charge on any atom is -0.459 e. The molecule has 4 rings (SSSR count). The minimum absolute atomic E-state index is 0.0778. The van der Waals surface area contributed by atoms with E-state index in [0.717, 1.165) is 16.5 Å². The molecule has 3 heterocycles. The number of amides is 1. The summed E-state index contributed by atoms with van der Waals surface area (Å²) in [5, 5.41) is 11.8. The van der Waals surface area contributed by atoms with Crippen molar-refractivity contribution in [3.63, 3.8) is 0 Å². The quantitative estimate of drug-likeness (QED) is 0.769. The number of nitrogens with one attached hydrogen (secondary N) is 2. The summed E-state index contributed by atoms with van der Waals surface area (Å²) in [7, 11) is 0. The van der Waals surface area contributed by atoms with Gasteiger partial charge in [-0.15, -0.1) is 10.2 Å². The third-order valence-electron chi connectivity index (χ3n) is 3.48. The highest BCUT2D eigenvalue weighted by molar-refractivity contribution is 7.99. The topological polar surface area (TPSA) is 85.0 Å². The molecular formula is C15H13N5O2S. The first-order valence-corrected chi connectivity index (χ1v) is 7.89. The van der Waals surface area contributed by atoms with Crippen LogP contribution in [-0.4, -0.2) is 20.8 Å². The number of aryl methyl sites for hydroxylation is 1. The Kier molecular flexibility index (Phi) is 3.30. The van der Waals surface area contributed by atoms with Crippen LogP contribution < -0.4 is 10.7 Å². The van der Waals surface area contributed by atoms with Crippen molar-refractivity contribution in [2.75, 3.05) is 10.7 Å². The predicted molar refractivity (Wildman–Crippen MR) is 85.8 cm³/mol. The highest BCUT2D eigenvalue weighted by Gasteiger charge is 2.26. The number of fused-ring (bicyclic) bond motifs is 1. The number of rotatable bonds is 3. The number of hydrogen-bond donors (Lipinski definition) is 2. The van der Waals surface area contributed by atoms with Crippen molar-refractivity contribution in [2.24, 2.45) is 0 Å². The molecule has 2 N–H and O–H groups in total. The van der Waals surface area contributed by atoms with Crippen LogP contribution in [0.5, 0.6) is 0 Å². The second-order valence-corrected chi connectivity index (χ2v) is 6.12. The van der Waals surface area contributed by atoms with E-state index >= 15 is 0 Å². The summed E-state index contributed by atoms with van der Waals surface area (Å²) in [5.74, 6) is 0.853. The number of thioether (sulfide) groups is 1. The zero-order valence-electron chi connectivity index (χ0n) is 12.2. The van der Waals surface area contributed by atoms with Gasteiger partial charge in [0.05, 0.1) is 6.26 Å². The Morgan fingerprint density at radius 2 is 2.13 bits per heavy atom. The van der Waals surface area contributed by atoms with E-state index in [4.69, 9.17) is 4.42 Å². The van der Waals surface area contributed by atoms with Crippen molar-refractivity contribution in [1.29, 1.82) is 0 Å². The molecule has 23 heavy (non-hydrogen) atoms. The van der Waals surface area contributed by atoms with E-state index in [0.29, 0.717) is 5.69 Å². The van der Waals surface area contributed by atoms with E-state index in [9.17, 15) is 4.79 Å². The average Bonchev–Trinajstić information content (AvgIpc) is 3.27. The van der Waals surface area contributed by atoms with E-state index in [1.165, 1.54) is 6.26 Å². The fourth-order valence-corrected chi connectivity index (χ4v) is 3.34. The number of carbonyl (C=O) groups excluding carboxylic acids is 1. The molecular weight excluding hydrogens is 314 g/mol. The van der Waals surface area contributed by atoms with Crippen molar-refractivity contribution in [3.8, 4) is 0 Å². The van der Waals surface area contributed by atoms with Gasteiger partial charge in [0.2, 0.25) is 5.16 Å². The van der Waals surface area contributed by atoms with Gasteiger partial charge in [-0.1, -0.05) is 23.9 Å². The molecule has 0 fully saturated rings. The molecule has 0 saturated carbocycles. The largest absolute Gasteiger partial charge is 0.459 e. The number of benzene rings is 1. The van der Waals surface area contributed by atoms with Gasteiger partial charge < -0.3 is 15.2 Å². The molecule has 0 saturated heterocycles. The van der Waals surface area contributed by atoms with E-state index < -0.39 is 0 Å². The summed E-state index contributed by atoms with van der Waals surface area (Å²) in [6, 6.07) is 11.0. The lowest BCUT2D eigenvalue weighted by atomic mass is 10.2. The van der Waals surface area contributed by atoms with Gasteiger partial charge in [-0.3, -0.25) is 4.79 Å². The van der Waals surface area contributed by atoms with Crippen molar-refractivity contribution in [2.45, 2.75) is 17.5 Å². The summed E-state index contributed by atoms with van der Waals surface area (Å²) in [4.78, 5) is 11.9. The Labute approximate surface area is 136 Å². The first-order chi connectivity index (χ1) is 11.2. The van der Waals surface area contributed by atoms with Gasteiger partial charge in [-0.25, -0.2) is 4.68 Å². The Bertz CT molecular complexity index is 841. The molecule has 1 aromatic carbocycles. The molecule has 1 atom stereocenters. The number of carbonyl (C=O) groups is 1. The third kappa shape index (κ3) is 2.57. The lowest BCUT2D eigenvalue weighted by molar-refractivity contribution is 0.0996. The van der Waals surface area contributed by atoms with Crippen LogP contribution in [0, 0.1) is 6.92 Å². The van der Waals surface area contributed by atoms with Gasteiger partial charge in [-0.2, -0.15) is 0 Å². The highest BCUT2D eigenvalue weighted by atomic mass is 32.2. The van der Waals surface area contributed by atoms with Gasteiger partial charge in [0, 0.05) is 5.69 Å². The predicted octanol–water partition coefficient (Wildman–Crippen LogP) is 2.78. The average molecular weight is 327 g/mol. The monoisotopic (exact) mass is 327 g/mol. The molecule has 1 aliphatic rings. The minimum atomic E-state index is -0.266. The molecule has 116 valence electrons. The molecule has 1 amide bonds. The summed E-state index contributed by atoms with van der Waals surface area (Å²) < 4.78 is 6.95. The van der Waals surface area contributed by atoms with Crippen molar-refractivity contribution in [3.05, 3.63) is 59.8 Å². The maximum atomic E-state index is 11.9. The van der Waals surface area contributed by atoms with E-state index in [2.05, 4.69) is 20.9 Å². The molecule has 0 unspecified atom stereocenters. The van der Waals surface area contributed by atoms with Gasteiger partial charge in [-0.05, 0) is 36.8 Å². The number of hydrogen-bond acceptors (Lipinski definition) is 6. The second kappa shape index (κ2) is 5.47. The number of nitrogens with zero attached hydrogens (tertiary/aromatic N) is 3. The van der Waals surface area contributed by atoms with Gasteiger partial charge in [0.1, 0.15) is 11.2 Å². The number of furan rings is 1. The smallest absolute Gasteiger partial charge is 0.291 e. The molecule has 3 aromatic rings.